The number of hydrogen-bond acceptors (Lipinski definition) is 4. The number of anilines is 1. The third-order valence-corrected chi connectivity index (χ3v) is 4.37. The number of hydrogen-bond donors (Lipinski definition) is 1. The van der Waals surface area contributed by atoms with E-state index in [-0.39, 0.29) is 5.56 Å². The highest BCUT2D eigenvalue weighted by Crippen LogP contribution is 2.19. The van der Waals surface area contributed by atoms with Gasteiger partial charge in [-0.3, -0.25) is 14.3 Å². The fourth-order valence-corrected chi connectivity index (χ4v) is 3.00. The molecule has 0 saturated carbocycles. The molecule has 0 unspecified atom stereocenters. The molecule has 0 aromatic carbocycles. The number of nitrogens with zero attached hydrogens (tertiary/aromatic N) is 4. The van der Waals surface area contributed by atoms with E-state index in [0.29, 0.717) is 17.1 Å². The molecule has 0 saturated heterocycles. The van der Waals surface area contributed by atoms with E-state index in [2.05, 4.69) is 16.9 Å². The molecule has 1 N–H and O–H groups in total. The summed E-state index contributed by atoms with van der Waals surface area (Å²) in [5.74, 6) is 0.711. The summed E-state index contributed by atoms with van der Waals surface area (Å²) in [6.45, 7) is 2.96. The van der Waals surface area contributed by atoms with E-state index in [9.17, 15) is 9.59 Å². The minimum atomic E-state index is -0.432. The van der Waals surface area contributed by atoms with Crippen LogP contribution in [0, 0.1) is 0 Å². The molecule has 0 radical (unpaired) electrons. The van der Waals surface area contributed by atoms with Gasteiger partial charge in [0.2, 0.25) is 5.95 Å². The van der Waals surface area contributed by atoms with Gasteiger partial charge >= 0.3 is 5.69 Å². The summed E-state index contributed by atoms with van der Waals surface area (Å²) in [4.78, 5) is 32.8. The van der Waals surface area contributed by atoms with Crippen LogP contribution in [0.3, 0.4) is 0 Å². The third kappa shape index (κ3) is 3.88. The van der Waals surface area contributed by atoms with Gasteiger partial charge in [0, 0.05) is 27.7 Å². The van der Waals surface area contributed by atoms with E-state index in [1.807, 2.05) is 23.6 Å². The molecule has 7 heteroatoms. The molecule has 0 aliphatic heterocycles. The molecule has 0 spiro atoms. The van der Waals surface area contributed by atoms with E-state index >= 15 is 0 Å². The first kappa shape index (κ1) is 18.3. The van der Waals surface area contributed by atoms with Crippen molar-refractivity contribution in [3.8, 4) is 0 Å². The Morgan fingerprint density at radius 3 is 2.29 bits per heavy atom. The molecule has 24 heavy (non-hydrogen) atoms. The Morgan fingerprint density at radius 1 is 1.04 bits per heavy atom. The Morgan fingerprint density at radius 2 is 1.67 bits per heavy atom. The fraction of sp³-hybridized carbons (Fsp3) is 0.706. The molecule has 2 heterocycles. The van der Waals surface area contributed by atoms with Crippen LogP contribution in [-0.2, 0) is 13.6 Å². The van der Waals surface area contributed by atoms with Crippen LogP contribution < -0.4 is 16.1 Å². The van der Waals surface area contributed by atoms with Crippen molar-refractivity contribution in [2.45, 2.75) is 58.4 Å². The summed E-state index contributed by atoms with van der Waals surface area (Å²) < 4.78 is 3.32. The maximum absolute atomic E-state index is 12.3. The van der Waals surface area contributed by atoms with Crippen molar-refractivity contribution in [2.75, 3.05) is 19.0 Å². The van der Waals surface area contributed by atoms with Gasteiger partial charge in [-0.05, 0) is 6.42 Å². The molecule has 134 valence electrons. The number of unbranched alkanes of at least 4 members (excludes halogenated alkanes) is 6. The zero-order valence-corrected chi connectivity index (χ0v) is 15.3. The van der Waals surface area contributed by atoms with Crippen LogP contribution in [0.5, 0.6) is 0 Å². The predicted molar refractivity (Wildman–Crippen MR) is 97.9 cm³/mol. The van der Waals surface area contributed by atoms with Gasteiger partial charge in [-0.15, -0.1) is 0 Å². The Hall–Kier alpha value is -2.05. The van der Waals surface area contributed by atoms with Crippen LogP contribution in [0.1, 0.15) is 51.9 Å². The highest BCUT2D eigenvalue weighted by atomic mass is 16.2. The van der Waals surface area contributed by atoms with E-state index in [1.165, 1.54) is 36.7 Å². The topological polar surface area (TPSA) is 75.9 Å². The minimum absolute atomic E-state index is 0.364. The second-order valence-corrected chi connectivity index (χ2v) is 6.57. The lowest BCUT2D eigenvalue weighted by Crippen LogP contribution is -2.29. The van der Waals surface area contributed by atoms with Crippen molar-refractivity contribution in [2.24, 2.45) is 7.05 Å². The first-order chi connectivity index (χ1) is 11.5. The first-order valence-corrected chi connectivity index (χ1v) is 8.84. The largest absolute Gasteiger partial charge is 0.348 e. The number of nitrogens with one attached hydrogen (secondary N) is 1. The summed E-state index contributed by atoms with van der Waals surface area (Å²) in [5.41, 5.74) is 0.122. The van der Waals surface area contributed by atoms with Crippen LogP contribution >= 0.6 is 0 Å². The number of rotatable bonds is 9. The summed E-state index contributed by atoms with van der Waals surface area (Å²) in [6.07, 6.45) is 8.50. The standard InChI is InChI=1S/C17H29N5O2/c1-5-6-7-8-9-10-11-12-22-13-14(18-16(22)20(2)3)21(4)17(24)19-15(13)23/h5-12H2,1-4H3,(H,19,23,24). The van der Waals surface area contributed by atoms with Gasteiger partial charge in [0.05, 0.1) is 0 Å². The number of imidazole rings is 1. The van der Waals surface area contributed by atoms with Crippen molar-refractivity contribution >= 4 is 17.1 Å². The molecule has 0 atom stereocenters. The van der Waals surface area contributed by atoms with Crippen LogP contribution in [0.2, 0.25) is 0 Å². The Labute approximate surface area is 142 Å². The molecule has 2 rings (SSSR count). The van der Waals surface area contributed by atoms with E-state index in [0.717, 1.165) is 19.4 Å². The van der Waals surface area contributed by atoms with Gasteiger partial charge in [-0.2, -0.15) is 4.98 Å². The highest BCUT2D eigenvalue weighted by molar-refractivity contribution is 5.74. The van der Waals surface area contributed by atoms with Crippen LogP contribution in [0.4, 0.5) is 5.95 Å². The van der Waals surface area contributed by atoms with Crippen molar-refractivity contribution in [3.05, 3.63) is 20.8 Å². The Balaban J connectivity index is 2.19. The monoisotopic (exact) mass is 335 g/mol. The van der Waals surface area contributed by atoms with Gasteiger partial charge < -0.3 is 9.47 Å². The molecule has 7 nitrogen and oxygen atoms in total. The average Bonchev–Trinajstić information content (AvgIpc) is 2.92. The average molecular weight is 335 g/mol. The number of aromatic amines is 1. The second-order valence-electron chi connectivity index (χ2n) is 6.57. The summed E-state index contributed by atoms with van der Waals surface area (Å²) >= 11 is 0. The Kier molecular flexibility index (Phi) is 6.23. The zero-order chi connectivity index (χ0) is 17.7. The normalized spacial score (nSPS) is 11.3. The maximum Gasteiger partial charge on any atom is 0.329 e. The maximum atomic E-state index is 12.3. The molecular formula is C17H29N5O2. The quantitative estimate of drug-likeness (QED) is 0.713. The van der Waals surface area contributed by atoms with Crippen LogP contribution in [0.25, 0.3) is 11.2 Å². The molecule has 0 bridgehead atoms. The number of aryl methyl sites for hydroxylation is 2. The highest BCUT2D eigenvalue weighted by Gasteiger charge is 2.17. The van der Waals surface area contributed by atoms with E-state index in [1.54, 1.807) is 7.05 Å². The van der Waals surface area contributed by atoms with Crippen molar-refractivity contribution in [1.29, 1.82) is 0 Å². The van der Waals surface area contributed by atoms with E-state index in [4.69, 9.17) is 0 Å². The van der Waals surface area contributed by atoms with Crippen LogP contribution in [0.15, 0.2) is 9.59 Å². The van der Waals surface area contributed by atoms with Crippen molar-refractivity contribution < 1.29 is 0 Å². The molecular weight excluding hydrogens is 306 g/mol. The van der Waals surface area contributed by atoms with Gasteiger partial charge in [0.15, 0.2) is 11.2 Å². The molecule has 2 aromatic heterocycles. The predicted octanol–water partition coefficient (Wildman–Crippen LogP) is 2.24. The fourth-order valence-electron chi connectivity index (χ4n) is 3.00. The zero-order valence-electron chi connectivity index (χ0n) is 15.3. The first-order valence-electron chi connectivity index (χ1n) is 8.84. The van der Waals surface area contributed by atoms with Gasteiger partial charge in [0.25, 0.3) is 5.56 Å². The smallest absolute Gasteiger partial charge is 0.329 e. The lowest BCUT2D eigenvalue weighted by molar-refractivity contribution is 0.554. The molecule has 0 amide bonds. The number of H-pyrrole nitrogens is 1. The molecule has 0 fully saturated rings. The van der Waals surface area contributed by atoms with E-state index < -0.39 is 5.69 Å². The third-order valence-electron chi connectivity index (χ3n) is 4.37. The SMILES string of the molecule is CCCCCCCCCn1c(N(C)C)nc2c1c(=O)[nH]c(=O)n2C. The lowest BCUT2D eigenvalue weighted by Gasteiger charge is -2.14. The lowest BCUT2D eigenvalue weighted by atomic mass is 10.1. The number of aromatic nitrogens is 4. The molecule has 0 aliphatic rings. The summed E-state index contributed by atoms with van der Waals surface area (Å²) in [6, 6.07) is 0. The molecule has 2 aromatic rings. The molecule has 0 aliphatic carbocycles. The van der Waals surface area contributed by atoms with Crippen molar-refractivity contribution in [3.63, 3.8) is 0 Å². The van der Waals surface area contributed by atoms with Gasteiger partial charge in [-0.25, -0.2) is 4.79 Å². The number of fused-ring (bicyclic) bond motifs is 1. The summed E-state index contributed by atoms with van der Waals surface area (Å²) in [7, 11) is 5.43. The second kappa shape index (κ2) is 8.17. The van der Waals surface area contributed by atoms with Gasteiger partial charge in [0.1, 0.15) is 0 Å². The van der Waals surface area contributed by atoms with Crippen LogP contribution in [-0.4, -0.2) is 33.2 Å². The van der Waals surface area contributed by atoms with Gasteiger partial charge in [-0.1, -0.05) is 45.4 Å². The summed E-state index contributed by atoms with van der Waals surface area (Å²) in [5, 5.41) is 0. The minimum Gasteiger partial charge on any atom is -0.348 e. The van der Waals surface area contributed by atoms with Crippen molar-refractivity contribution in [1.82, 2.24) is 19.1 Å². The Bertz CT molecular complexity index is 785.